The van der Waals surface area contributed by atoms with Crippen LogP contribution >= 0.6 is 0 Å². The topological polar surface area (TPSA) is 74.5 Å². The van der Waals surface area contributed by atoms with E-state index in [4.69, 9.17) is 5.26 Å². The van der Waals surface area contributed by atoms with E-state index < -0.39 is 0 Å². The Labute approximate surface area is 144 Å². The van der Waals surface area contributed by atoms with Gasteiger partial charge >= 0.3 is 0 Å². The van der Waals surface area contributed by atoms with E-state index in [2.05, 4.69) is 26.6 Å². The van der Waals surface area contributed by atoms with E-state index in [0.29, 0.717) is 11.4 Å². The van der Waals surface area contributed by atoms with Gasteiger partial charge in [0, 0.05) is 34.4 Å². The predicted molar refractivity (Wildman–Crippen MR) is 97.2 cm³/mol. The zero-order valence-electron chi connectivity index (χ0n) is 13.2. The number of pyridine rings is 1. The highest BCUT2D eigenvalue weighted by molar-refractivity contribution is 5.94. The lowest BCUT2D eigenvalue weighted by atomic mass is 10.1. The number of hydrogen-bond acceptors (Lipinski definition) is 5. The molecule has 0 atom stereocenters. The summed E-state index contributed by atoms with van der Waals surface area (Å²) in [5.41, 5.74) is 3.39. The summed E-state index contributed by atoms with van der Waals surface area (Å²) in [7, 11) is 0. The molecular weight excluding hydrogens is 310 g/mol. The number of nitriles is 1. The summed E-state index contributed by atoms with van der Waals surface area (Å²) in [4.78, 5) is 4.15. The average Bonchev–Trinajstić information content (AvgIpc) is 2.68. The Kier molecular flexibility index (Phi) is 3.77. The van der Waals surface area contributed by atoms with Crippen LogP contribution in [0.1, 0.15) is 5.56 Å². The molecule has 0 unspecified atom stereocenters. The van der Waals surface area contributed by atoms with Gasteiger partial charge in [0.25, 0.3) is 0 Å². The van der Waals surface area contributed by atoms with Gasteiger partial charge in [-0.3, -0.25) is 4.98 Å². The van der Waals surface area contributed by atoms with Gasteiger partial charge in [-0.1, -0.05) is 24.3 Å². The molecule has 0 saturated carbocycles. The summed E-state index contributed by atoms with van der Waals surface area (Å²) in [6.45, 7) is 0. The van der Waals surface area contributed by atoms with E-state index in [9.17, 15) is 0 Å². The van der Waals surface area contributed by atoms with Crippen LogP contribution in [0.4, 0.5) is 11.5 Å². The molecule has 2 aromatic heterocycles. The summed E-state index contributed by atoms with van der Waals surface area (Å²) in [5.74, 6) is 0.643. The second kappa shape index (κ2) is 6.38. The minimum atomic E-state index is 0.616. The monoisotopic (exact) mass is 323 g/mol. The molecule has 0 amide bonds. The number of hydrogen-bond donors (Lipinski definition) is 1. The number of fused-ring (bicyclic) bond motifs is 1. The summed E-state index contributed by atoms with van der Waals surface area (Å²) in [5, 5.41) is 22.8. The molecule has 4 rings (SSSR count). The Morgan fingerprint density at radius 2 is 1.84 bits per heavy atom. The molecule has 25 heavy (non-hydrogen) atoms. The second-order valence-corrected chi connectivity index (χ2v) is 5.55. The summed E-state index contributed by atoms with van der Waals surface area (Å²) >= 11 is 0. The fraction of sp³-hybridized carbons (Fsp3) is 0. The van der Waals surface area contributed by atoms with Crippen molar-refractivity contribution in [2.75, 3.05) is 5.32 Å². The molecule has 0 radical (unpaired) electrons. The van der Waals surface area contributed by atoms with Gasteiger partial charge in [-0.05, 0) is 35.9 Å². The van der Waals surface area contributed by atoms with E-state index >= 15 is 0 Å². The van der Waals surface area contributed by atoms with E-state index in [1.807, 2.05) is 54.7 Å². The first-order valence-corrected chi connectivity index (χ1v) is 7.76. The maximum Gasteiger partial charge on any atom is 0.153 e. The van der Waals surface area contributed by atoms with Crippen molar-refractivity contribution in [1.29, 1.82) is 5.26 Å². The van der Waals surface area contributed by atoms with Crippen LogP contribution < -0.4 is 5.32 Å². The summed E-state index contributed by atoms with van der Waals surface area (Å²) in [6, 6.07) is 19.4. The molecule has 4 aromatic rings. The third-order valence-corrected chi connectivity index (χ3v) is 3.92. The van der Waals surface area contributed by atoms with Gasteiger partial charge in [-0.2, -0.15) is 10.4 Å². The van der Waals surface area contributed by atoms with Crippen molar-refractivity contribution in [3.8, 4) is 17.2 Å². The minimum absolute atomic E-state index is 0.616. The predicted octanol–water partition coefficient (Wildman–Crippen LogP) is 4.31. The van der Waals surface area contributed by atoms with E-state index in [1.165, 1.54) is 0 Å². The first kappa shape index (κ1) is 14.8. The Balaban J connectivity index is 1.71. The van der Waals surface area contributed by atoms with Crippen molar-refractivity contribution in [2.24, 2.45) is 0 Å². The third-order valence-electron chi connectivity index (χ3n) is 3.92. The molecular formula is C20H13N5. The maximum absolute atomic E-state index is 9.06. The molecule has 2 heterocycles. The van der Waals surface area contributed by atoms with Crippen molar-refractivity contribution in [1.82, 2.24) is 15.2 Å². The van der Waals surface area contributed by atoms with Crippen LogP contribution in [0.25, 0.3) is 21.9 Å². The van der Waals surface area contributed by atoms with Gasteiger partial charge in [-0.25, -0.2) is 0 Å². The molecule has 5 heteroatoms. The summed E-state index contributed by atoms with van der Waals surface area (Å²) < 4.78 is 0. The lowest BCUT2D eigenvalue weighted by molar-refractivity contribution is 1.04. The molecule has 0 aliphatic carbocycles. The number of nitrogens with zero attached hydrogens (tertiary/aromatic N) is 4. The Bertz CT molecular complexity index is 1090. The zero-order chi connectivity index (χ0) is 17.1. The van der Waals surface area contributed by atoms with Crippen LogP contribution in [0.3, 0.4) is 0 Å². The van der Waals surface area contributed by atoms with Gasteiger partial charge in [0.1, 0.15) is 0 Å². The average molecular weight is 323 g/mol. The van der Waals surface area contributed by atoms with E-state index in [1.54, 1.807) is 18.5 Å². The largest absolute Gasteiger partial charge is 0.338 e. The highest BCUT2D eigenvalue weighted by Gasteiger charge is 2.05. The number of rotatable bonds is 3. The van der Waals surface area contributed by atoms with Gasteiger partial charge in [0.15, 0.2) is 5.82 Å². The second-order valence-electron chi connectivity index (χ2n) is 5.55. The highest BCUT2D eigenvalue weighted by Crippen LogP contribution is 2.27. The molecule has 0 aliphatic heterocycles. The lowest BCUT2D eigenvalue weighted by Gasteiger charge is -2.09. The Morgan fingerprint density at radius 1 is 0.920 bits per heavy atom. The van der Waals surface area contributed by atoms with Crippen molar-refractivity contribution in [3.63, 3.8) is 0 Å². The van der Waals surface area contributed by atoms with Crippen molar-refractivity contribution < 1.29 is 0 Å². The van der Waals surface area contributed by atoms with E-state index in [-0.39, 0.29) is 0 Å². The van der Waals surface area contributed by atoms with Gasteiger partial charge < -0.3 is 5.32 Å². The van der Waals surface area contributed by atoms with Crippen molar-refractivity contribution in [2.45, 2.75) is 0 Å². The fourth-order valence-corrected chi connectivity index (χ4v) is 2.72. The minimum Gasteiger partial charge on any atom is -0.338 e. The van der Waals surface area contributed by atoms with E-state index in [0.717, 1.165) is 27.6 Å². The summed E-state index contributed by atoms with van der Waals surface area (Å²) in [6.07, 6.45) is 5.29. The van der Waals surface area contributed by atoms with Gasteiger partial charge in [-0.15, -0.1) is 5.10 Å². The van der Waals surface area contributed by atoms with Crippen molar-refractivity contribution >= 4 is 22.3 Å². The first-order chi connectivity index (χ1) is 12.3. The van der Waals surface area contributed by atoms with Crippen LogP contribution in [0.5, 0.6) is 0 Å². The van der Waals surface area contributed by atoms with Crippen LogP contribution in [-0.2, 0) is 0 Å². The smallest absolute Gasteiger partial charge is 0.153 e. The quantitative estimate of drug-likeness (QED) is 0.608. The van der Waals surface area contributed by atoms with Crippen LogP contribution in [0.2, 0.25) is 0 Å². The van der Waals surface area contributed by atoms with Gasteiger partial charge in [0.2, 0.25) is 0 Å². The fourth-order valence-electron chi connectivity index (χ4n) is 2.72. The number of nitrogens with one attached hydrogen (secondary N) is 1. The van der Waals surface area contributed by atoms with Crippen LogP contribution in [0, 0.1) is 11.3 Å². The molecule has 0 saturated heterocycles. The Morgan fingerprint density at radius 3 is 2.76 bits per heavy atom. The van der Waals surface area contributed by atoms with Crippen LogP contribution in [-0.4, -0.2) is 15.2 Å². The third kappa shape index (κ3) is 3.01. The maximum atomic E-state index is 9.06. The lowest BCUT2D eigenvalue weighted by Crippen LogP contribution is -1.97. The van der Waals surface area contributed by atoms with Gasteiger partial charge in [0.05, 0.1) is 17.8 Å². The molecule has 0 spiro atoms. The van der Waals surface area contributed by atoms with Crippen molar-refractivity contribution in [3.05, 3.63) is 78.8 Å². The Hall–Kier alpha value is -3.78. The molecule has 2 aromatic carbocycles. The first-order valence-electron chi connectivity index (χ1n) is 7.76. The number of aromatic nitrogens is 3. The van der Waals surface area contributed by atoms with Crippen LogP contribution in [0.15, 0.2) is 73.2 Å². The molecule has 0 aliphatic rings. The highest BCUT2D eigenvalue weighted by atomic mass is 15.2. The number of benzene rings is 2. The molecule has 1 N–H and O–H groups in total. The number of anilines is 2. The molecule has 118 valence electrons. The molecule has 5 nitrogen and oxygen atoms in total. The molecule has 0 bridgehead atoms. The zero-order valence-corrected chi connectivity index (χ0v) is 13.2. The molecule has 0 fully saturated rings. The SMILES string of the molecule is N#Cc1cccc(-c2cnnc(Nc3cccc4cnccc34)c2)c1. The standard InChI is InChI=1S/C20H13N5/c21-11-14-3-1-4-15(9-14)17-10-20(25-23-13-17)24-19-6-2-5-16-12-22-8-7-18(16)19/h1-10,12-13H,(H,24,25). The normalized spacial score (nSPS) is 10.4.